The maximum Gasteiger partial charge on any atom is 0.416 e. The Morgan fingerprint density at radius 2 is 1.77 bits per heavy atom. The summed E-state index contributed by atoms with van der Waals surface area (Å²) in [5.41, 5.74) is 1.05. The van der Waals surface area contributed by atoms with Crippen LogP contribution in [0, 0.1) is 11.7 Å². The number of pyridine rings is 1. The number of anilines is 2. The summed E-state index contributed by atoms with van der Waals surface area (Å²) in [5.74, 6) is 0.421. The first kappa shape index (κ1) is 25.5. The van der Waals surface area contributed by atoms with Crippen LogP contribution in [0.25, 0.3) is 10.9 Å². The summed E-state index contributed by atoms with van der Waals surface area (Å²) >= 11 is 5.68. The van der Waals surface area contributed by atoms with E-state index in [9.17, 15) is 17.6 Å². The van der Waals surface area contributed by atoms with Crippen molar-refractivity contribution in [3.05, 3.63) is 64.4 Å². The predicted octanol–water partition coefficient (Wildman–Crippen LogP) is 6.87. The van der Waals surface area contributed by atoms with Crippen LogP contribution in [0.15, 0.2) is 42.5 Å². The van der Waals surface area contributed by atoms with Gasteiger partial charge in [-0.05, 0) is 56.3 Å². The zero-order chi connectivity index (χ0) is 25.2. The summed E-state index contributed by atoms with van der Waals surface area (Å²) < 4.78 is 53.2. The molecule has 1 fully saturated rings. The molecular weight excluding hydrogens is 480 g/mol. The Morgan fingerprint density at radius 1 is 1.06 bits per heavy atom. The highest BCUT2D eigenvalue weighted by atomic mass is 35.5. The predicted molar refractivity (Wildman–Crippen MR) is 134 cm³/mol. The molecule has 1 aliphatic rings. The fourth-order valence-corrected chi connectivity index (χ4v) is 4.91. The van der Waals surface area contributed by atoms with Crippen molar-refractivity contribution < 1.29 is 17.6 Å². The molecule has 0 amide bonds. The SMILES string of the molecule is CN(C)c1cc(NC2CCC(CNCc3cc(C(F)(F)F)cc(Cl)c3F)CC2)nc2ccccc12. The normalized spacial score (nSPS) is 18.6. The Bertz CT molecular complexity index is 1170. The van der Waals surface area contributed by atoms with Crippen molar-refractivity contribution in [1.29, 1.82) is 0 Å². The number of hydrogen-bond acceptors (Lipinski definition) is 4. The van der Waals surface area contributed by atoms with Crippen molar-refractivity contribution in [2.24, 2.45) is 5.92 Å². The van der Waals surface area contributed by atoms with Crippen molar-refractivity contribution in [2.45, 2.75) is 44.4 Å². The summed E-state index contributed by atoms with van der Waals surface area (Å²) in [6.45, 7) is 0.612. The molecule has 0 atom stereocenters. The largest absolute Gasteiger partial charge is 0.416 e. The lowest BCUT2D eigenvalue weighted by Crippen LogP contribution is -2.31. The van der Waals surface area contributed by atoms with Crippen LogP contribution in [0.2, 0.25) is 5.02 Å². The molecule has 9 heteroatoms. The van der Waals surface area contributed by atoms with Crippen LogP contribution in [-0.4, -0.2) is 31.7 Å². The zero-order valence-electron chi connectivity index (χ0n) is 19.7. The van der Waals surface area contributed by atoms with E-state index < -0.39 is 22.6 Å². The molecule has 0 unspecified atom stereocenters. The molecule has 0 spiro atoms. The van der Waals surface area contributed by atoms with Crippen molar-refractivity contribution in [2.75, 3.05) is 30.9 Å². The summed E-state index contributed by atoms with van der Waals surface area (Å²) in [6, 6.07) is 11.9. The third kappa shape index (κ3) is 6.16. The van der Waals surface area contributed by atoms with Crippen LogP contribution in [0.5, 0.6) is 0 Å². The van der Waals surface area contributed by atoms with Gasteiger partial charge in [0.1, 0.15) is 11.6 Å². The van der Waals surface area contributed by atoms with E-state index in [1.807, 2.05) is 32.3 Å². The van der Waals surface area contributed by atoms with E-state index in [0.29, 0.717) is 24.6 Å². The smallest absolute Gasteiger partial charge is 0.377 e. The average Bonchev–Trinajstić information content (AvgIpc) is 2.81. The van der Waals surface area contributed by atoms with Gasteiger partial charge in [-0.3, -0.25) is 0 Å². The van der Waals surface area contributed by atoms with Gasteiger partial charge < -0.3 is 15.5 Å². The summed E-state index contributed by atoms with van der Waals surface area (Å²) in [6.07, 6.45) is -0.719. The van der Waals surface area contributed by atoms with Crippen LogP contribution >= 0.6 is 11.6 Å². The van der Waals surface area contributed by atoms with E-state index in [4.69, 9.17) is 16.6 Å². The van der Waals surface area contributed by atoms with Crippen LogP contribution in [0.1, 0.15) is 36.8 Å². The number of nitrogens with one attached hydrogen (secondary N) is 2. The zero-order valence-corrected chi connectivity index (χ0v) is 20.5. The second-order valence-electron chi connectivity index (χ2n) is 9.36. The van der Waals surface area contributed by atoms with Gasteiger partial charge >= 0.3 is 6.18 Å². The van der Waals surface area contributed by atoms with Gasteiger partial charge in [-0.25, -0.2) is 9.37 Å². The van der Waals surface area contributed by atoms with Crippen molar-refractivity contribution in [1.82, 2.24) is 10.3 Å². The minimum absolute atomic E-state index is 0.00196. The van der Waals surface area contributed by atoms with Gasteiger partial charge in [0, 0.05) is 49.4 Å². The standard InChI is InChI=1S/C26H29ClF4N4/c1-35(2)23-13-24(34-22-6-4-3-5-20(22)23)33-19-9-7-16(8-10-19)14-32-15-17-11-18(26(29,30)31)12-21(27)25(17)28/h3-6,11-13,16,19,32H,7-10,14-15H2,1-2H3,(H,33,34). The summed E-state index contributed by atoms with van der Waals surface area (Å²) in [5, 5.41) is 7.29. The molecule has 0 aliphatic heterocycles. The lowest BCUT2D eigenvalue weighted by atomic mass is 9.86. The number of benzene rings is 2. The van der Waals surface area contributed by atoms with Gasteiger partial charge in [0.05, 0.1) is 16.1 Å². The molecule has 35 heavy (non-hydrogen) atoms. The van der Waals surface area contributed by atoms with Gasteiger partial charge in [-0.2, -0.15) is 13.2 Å². The molecule has 0 radical (unpaired) electrons. The van der Waals surface area contributed by atoms with Crippen LogP contribution in [0.3, 0.4) is 0 Å². The number of hydrogen-bond donors (Lipinski definition) is 2. The fourth-order valence-electron chi connectivity index (χ4n) is 4.67. The van der Waals surface area contributed by atoms with E-state index in [2.05, 4.69) is 27.7 Å². The Hall–Kier alpha value is -2.58. The first-order valence-electron chi connectivity index (χ1n) is 11.7. The molecule has 2 N–H and O–H groups in total. The minimum atomic E-state index is -4.56. The molecule has 1 heterocycles. The van der Waals surface area contributed by atoms with E-state index >= 15 is 0 Å². The lowest BCUT2D eigenvalue weighted by molar-refractivity contribution is -0.137. The molecule has 3 aromatic rings. The maximum absolute atomic E-state index is 14.2. The number of rotatable bonds is 7. The van der Waals surface area contributed by atoms with Gasteiger partial charge in [0.15, 0.2) is 0 Å². The minimum Gasteiger partial charge on any atom is -0.377 e. The Balaban J connectivity index is 1.31. The maximum atomic E-state index is 14.2. The monoisotopic (exact) mass is 508 g/mol. The molecule has 2 aromatic carbocycles. The third-order valence-corrected chi connectivity index (χ3v) is 6.83. The molecule has 1 aromatic heterocycles. The fraction of sp³-hybridized carbons (Fsp3) is 0.423. The van der Waals surface area contributed by atoms with Crippen LogP contribution in [0.4, 0.5) is 29.1 Å². The quantitative estimate of drug-likeness (QED) is 0.341. The topological polar surface area (TPSA) is 40.2 Å². The highest BCUT2D eigenvalue weighted by molar-refractivity contribution is 6.30. The first-order chi connectivity index (χ1) is 16.6. The van der Waals surface area contributed by atoms with Gasteiger partial charge in [-0.15, -0.1) is 0 Å². The Labute approximate surface area is 207 Å². The van der Waals surface area contributed by atoms with E-state index in [1.54, 1.807) is 0 Å². The average molecular weight is 509 g/mol. The molecule has 0 bridgehead atoms. The van der Waals surface area contributed by atoms with Crippen molar-refractivity contribution in [3.63, 3.8) is 0 Å². The van der Waals surface area contributed by atoms with E-state index in [1.165, 1.54) is 0 Å². The van der Waals surface area contributed by atoms with Gasteiger partial charge in [-0.1, -0.05) is 29.8 Å². The van der Waals surface area contributed by atoms with Crippen molar-refractivity contribution >= 4 is 34.0 Å². The van der Waals surface area contributed by atoms with E-state index in [-0.39, 0.29) is 12.1 Å². The summed E-state index contributed by atoms with van der Waals surface area (Å²) in [7, 11) is 4.03. The second kappa shape index (κ2) is 10.6. The number of nitrogens with zero attached hydrogens (tertiary/aromatic N) is 2. The number of fused-ring (bicyclic) bond motifs is 1. The third-order valence-electron chi connectivity index (χ3n) is 6.55. The highest BCUT2D eigenvalue weighted by Gasteiger charge is 2.32. The number of alkyl halides is 3. The molecule has 1 saturated carbocycles. The second-order valence-corrected chi connectivity index (χ2v) is 9.77. The van der Waals surface area contributed by atoms with Crippen LogP contribution in [-0.2, 0) is 12.7 Å². The number of aromatic nitrogens is 1. The number of halogens is 5. The highest BCUT2D eigenvalue weighted by Crippen LogP contribution is 2.34. The van der Waals surface area contributed by atoms with Gasteiger partial charge in [0.2, 0.25) is 0 Å². The van der Waals surface area contributed by atoms with E-state index in [0.717, 1.165) is 54.2 Å². The lowest BCUT2D eigenvalue weighted by Gasteiger charge is -2.30. The Morgan fingerprint density at radius 3 is 2.46 bits per heavy atom. The molecular formula is C26H29ClF4N4. The van der Waals surface area contributed by atoms with Crippen LogP contribution < -0.4 is 15.5 Å². The van der Waals surface area contributed by atoms with Gasteiger partial charge in [0.25, 0.3) is 0 Å². The van der Waals surface area contributed by atoms with Crippen molar-refractivity contribution in [3.8, 4) is 0 Å². The number of para-hydroxylation sites is 1. The molecule has 0 saturated heterocycles. The Kier molecular flexibility index (Phi) is 7.71. The molecule has 4 rings (SSSR count). The summed E-state index contributed by atoms with van der Waals surface area (Å²) in [4.78, 5) is 6.86. The molecule has 1 aliphatic carbocycles. The molecule has 188 valence electrons. The molecule has 4 nitrogen and oxygen atoms in total. The first-order valence-corrected chi connectivity index (χ1v) is 12.1.